The fraction of sp³-hybridized carbons (Fsp3) is 0.182. The molecule has 3 N–H and O–H groups in total. The number of nitrogen functional groups attached to an aromatic ring is 1. The molecule has 6 aromatic rings. The summed E-state index contributed by atoms with van der Waals surface area (Å²) in [6.45, 7) is 6.36. The number of furan rings is 1. The molecule has 41 heavy (non-hydrogen) atoms. The van der Waals surface area contributed by atoms with Crippen molar-refractivity contribution in [2.45, 2.75) is 39.0 Å². The first-order valence-electron chi connectivity index (χ1n) is 13.3. The van der Waals surface area contributed by atoms with Gasteiger partial charge in [-0.25, -0.2) is 4.98 Å². The second-order valence-electron chi connectivity index (χ2n) is 11.2. The molecule has 0 aliphatic heterocycles. The summed E-state index contributed by atoms with van der Waals surface area (Å²) in [5.74, 6) is -0.575. The van der Waals surface area contributed by atoms with Gasteiger partial charge >= 0.3 is 5.97 Å². The number of nitrogens with zero attached hydrogens (tertiary/aromatic N) is 2. The van der Waals surface area contributed by atoms with Crippen LogP contribution in [0.3, 0.4) is 0 Å². The van der Waals surface area contributed by atoms with E-state index in [1.54, 1.807) is 34.9 Å². The molecule has 0 fully saturated rings. The fourth-order valence-electron chi connectivity index (χ4n) is 5.12. The second kappa shape index (κ2) is 10.1. The molecule has 6 rings (SSSR count). The van der Waals surface area contributed by atoms with Gasteiger partial charge in [0.15, 0.2) is 10.8 Å². The summed E-state index contributed by atoms with van der Waals surface area (Å²) >= 11 is 1.53. The van der Waals surface area contributed by atoms with Crippen molar-refractivity contribution in [2.75, 3.05) is 5.73 Å². The number of thiazole rings is 1. The molecule has 3 heterocycles. The maximum absolute atomic E-state index is 14.2. The van der Waals surface area contributed by atoms with E-state index in [-0.39, 0.29) is 17.7 Å². The second-order valence-corrected chi connectivity index (χ2v) is 12.1. The minimum absolute atomic E-state index is 0.0680. The molecule has 0 aliphatic carbocycles. The average molecular weight is 564 g/mol. The van der Waals surface area contributed by atoms with Crippen molar-refractivity contribution in [1.82, 2.24) is 9.55 Å². The molecule has 3 aromatic carbocycles. The minimum Gasteiger partial charge on any atom is -0.481 e. The summed E-state index contributed by atoms with van der Waals surface area (Å²) in [5.41, 5.74) is 11.5. The molecule has 0 atom stereocenters. The molecule has 0 saturated heterocycles. The number of carbonyl (C=O) groups excluding carboxylic acids is 1. The van der Waals surface area contributed by atoms with E-state index < -0.39 is 5.97 Å². The molecule has 0 aliphatic rings. The standard InChI is InChI=1S/C33H29N3O4S/c1-33(2,3)29-18-41-31(35-29)28-15-21-14-20(9-12-27(21)40-28)32(39)36-25-11-10-22(34)16-23(25)24(17-30(37)38)26(36)13-19-7-5-4-6-8-19/h4-12,14-16,18H,13,17,34H2,1-3H3,(H,37,38). The lowest BCUT2D eigenvalue weighted by molar-refractivity contribution is -0.136. The number of carboxylic acids is 1. The minimum atomic E-state index is -0.975. The number of hydrogen-bond acceptors (Lipinski definition) is 6. The fourth-order valence-corrected chi connectivity index (χ4v) is 6.12. The van der Waals surface area contributed by atoms with Gasteiger partial charge in [-0.1, -0.05) is 51.1 Å². The summed E-state index contributed by atoms with van der Waals surface area (Å²) in [5, 5.41) is 14.1. The zero-order valence-corrected chi connectivity index (χ0v) is 23.8. The van der Waals surface area contributed by atoms with Crippen LogP contribution in [0.5, 0.6) is 0 Å². The van der Waals surface area contributed by atoms with E-state index in [9.17, 15) is 14.7 Å². The van der Waals surface area contributed by atoms with E-state index in [2.05, 4.69) is 20.8 Å². The van der Waals surface area contributed by atoms with Gasteiger partial charge in [-0.3, -0.25) is 14.2 Å². The van der Waals surface area contributed by atoms with Gasteiger partial charge in [0, 0.05) is 44.9 Å². The Morgan fingerprint density at radius 1 is 1.02 bits per heavy atom. The Hall–Kier alpha value is -4.69. The number of benzene rings is 3. The summed E-state index contributed by atoms with van der Waals surface area (Å²) in [6.07, 6.45) is 0.166. The van der Waals surface area contributed by atoms with Gasteiger partial charge in [0.2, 0.25) is 0 Å². The Morgan fingerprint density at radius 2 is 1.80 bits per heavy atom. The number of nitrogens with two attached hydrogens (primary N) is 1. The molecule has 0 unspecified atom stereocenters. The van der Waals surface area contributed by atoms with Crippen molar-refractivity contribution in [2.24, 2.45) is 0 Å². The van der Waals surface area contributed by atoms with E-state index in [0.29, 0.717) is 51.2 Å². The van der Waals surface area contributed by atoms with Crippen molar-refractivity contribution < 1.29 is 19.1 Å². The van der Waals surface area contributed by atoms with Gasteiger partial charge in [0.05, 0.1) is 17.6 Å². The summed E-state index contributed by atoms with van der Waals surface area (Å²) in [7, 11) is 0. The van der Waals surface area contributed by atoms with Crippen molar-refractivity contribution in [3.05, 3.63) is 106 Å². The Labute approximate surface area is 240 Å². The van der Waals surface area contributed by atoms with Gasteiger partial charge in [0.1, 0.15) is 5.58 Å². The largest absolute Gasteiger partial charge is 0.481 e. The number of aromatic nitrogens is 2. The van der Waals surface area contributed by atoms with Crippen LogP contribution in [0.4, 0.5) is 5.69 Å². The van der Waals surface area contributed by atoms with Gasteiger partial charge in [-0.2, -0.15) is 0 Å². The van der Waals surface area contributed by atoms with Crippen molar-refractivity contribution in [3.8, 4) is 10.8 Å². The highest BCUT2D eigenvalue weighted by atomic mass is 32.1. The van der Waals surface area contributed by atoms with Crippen LogP contribution in [0.15, 0.2) is 82.6 Å². The van der Waals surface area contributed by atoms with Gasteiger partial charge in [-0.05, 0) is 53.6 Å². The van der Waals surface area contributed by atoms with Crippen LogP contribution in [0.2, 0.25) is 0 Å². The van der Waals surface area contributed by atoms with Crippen LogP contribution in [-0.4, -0.2) is 26.5 Å². The summed E-state index contributed by atoms with van der Waals surface area (Å²) < 4.78 is 7.74. The average Bonchev–Trinajstić information content (AvgIpc) is 3.65. The Kier molecular flexibility index (Phi) is 6.50. The molecule has 206 valence electrons. The molecule has 0 bridgehead atoms. The zero-order valence-electron chi connectivity index (χ0n) is 23.0. The molecule has 0 amide bonds. The highest BCUT2D eigenvalue weighted by Gasteiger charge is 2.25. The van der Waals surface area contributed by atoms with Gasteiger partial charge in [0.25, 0.3) is 5.91 Å². The molecule has 8 heteroatoms. The maximum atomic E-state index is 14.2. The molecule has 3 aromatic heterocycles. The number of rotatable bonds is 6. The highest BCUT2D eigenvalue weighted by molar-refractivity contribution is 7.13. The van der Waals surface area contributed by atoms with E-state index in [1.165, 1.54) is 11.3 Å². The van der Waals surface area contributed by atoms with Crippen LogP contribution in [0.1, 0.15) is 53.6 Å². The molecule has 0 saturated carbocycles. The lowest BCUT2D eigenvalue weighted by Gasteiger charge is -2.13. The normalized spacial score (nSPS) is 11.9. The van der Waals surface area contributed by atoms with E-state index >= 15 is 0 Å². The van der Waals surface area contributed by atoms with Crippen LogP contribution in [-0.2, 0) is 23.1 Å². The first kappa shape index (κ1) is 26.5. The van der Waals surface area contributed by atoms with Crippen molar-refractivity contribution in [1.29, 1.82) is 0 Å². The number of carbonyl (C=O) groups is 2. The van der Waals surface area contributed by atoms with Crippen LogP contribution >= 0.6 is 11.3 Å². The molecule has 0 radical (unpaired) electrons. The first-order valence-corrected chi connectivity index (χ1v) is 14.2. The highest BCUT2D eigenvalue weighted by Crippen LogP contribution is 2.35. The van der Waals surface area contributed by atoms with Crippen molar-refractivity contribution >= 4 is 50.8 Å². The third-order valence-electron chi connectivity index (χ3n) is 7.20. The van der Waals surface area contributed by atoms with Crippen LogP contribution in [0.25, 0.3) is 32.6 Å². The predicted molar refractivity (Wildman–Crippen MR) is 163 cm³/mol. The Balaban J connectivity index is 1.47. The van der Waals surface area contributed by atoms with E-state index in [1.807, 2.05) is 47.8 Å². The molecule has 7 nitrogen and oxygen atoms in total. The lowest BCUT2D eigenvalue weighted by atomic mass is 9.93. The smallest absolute Gasteiger partial charge is 0.307 e. The monoisotopic (exact) mass is 563 g/mol. The zero-order chi connectivity index (χ0) is 28.9. The molecular formula is C33H29N3O4S. The van der Waals surface area contributed by atoms with Gasteiger partial charge < -0.3 is 15.3 Å². The topological polar surface area (TPSA) is 111 Å². The quantitative estimate of drug-likeness (QED) is 0.206. The van der Waals surface area contributed by atoms with Crippen LogP contribution in [0, 0.1) is 0 Å². The molecule has 0 spiro atoms. The predicted octanol–water partition coefficient (Wildman–Crippen LogP) is 7.30. The number of anilines is 1. The van der Waals surface area contributed by atoms with Crippen molar-refractivity contribution in [3.63, 3.8) is 0 Å². The third kappa shape index (κ3) is 5.02. The lowest BCUT2D eigenvalue weighted by Crippen LogP contribution is -2.16. The number of aliphatic carboxylic acids is 1. The van der Waals surface area contributed by atoms with E-state index in [4.69, 9.17) is 15.1 Å². The van der Waals surface area contributed by atoms with Crippen LogP contribution < -0.4 is 5.73 Å². The summed E-state index contributed by atoms with van der Waals surface area (Å²) in [4.78, 5) is 30.9. The SMILES string of the molecule is CC(C)(C)c1csc(-c2cc3cc(C(=O)n4c(Cc5ccccc5)c(CC(=O)O)c5cc(N)ccc54)ccc3o2)n1. The Morgan fingerprint density at radius 3 is 2.51 bits per heavy atom. The first-order chi connectivity index (χ1) is 19.6. The number of carboxylic acid groups (broad SMARTS) is 1. The third-order valence-corrected chi connectivity index (χ3v) is 8.05. The molecular weight excluding hydrogens is 534 g/mol. The Bertz CT molecular complexity index is 1940. The number of hydrogen-bond donors (Lipinski definition) is 2. The number of fused-ring (bicyclic) bond motifs is 2. The van der Waals surface area contributed by atoms with E-state index in [0.717, 1.165) is 21.7 Å². The summed E-state index contributed by atoms with van der Waals surface area (Å²) in [6, 6.07) is 22.2. The maximum Gasteiger partial charge on any atom is 0.307 e. The van der Waals surface area contributed by atoms with Gasteiger partial charge in [-0.15, -0.1) is 11.3 Å².